The van der Waals surface area contributed by atoms with Gasteiger partial charge in [-0.15, -0.1) is 0 Å². The fourth-order valence-electron chi connectivity index (χ4n) is 3.46. The number of aromatic nitrogens is 2. The molecule has 33 heavy (non-hydrogen) atoms. The van der Waals surface area contributed by atoms with E-state index in [9.17, 15) is 23.6 Å². The quantitative estimate of drug-likeness (QED) is 0.566. The van der Waals surface area contributed by atoms with Crippen LogP contribution < -0.4 is 21.9 Å². The van der Waals surface area contributed by atoms with E-state index in [1.54, 1.807) is 25.1 Å². The maximum absolute atomic E-state index is 13.4. The van der Waals surface area contributed by atoms with Crippen molar-refractivity contribution in [2.24, 2.45) is 0 Å². The van der Waals surface area contributed by atoms with Crippen molar-refractivity contribution < 1.29 is 14.0 Å². The highest BCUT2D eigenvalue weighted by molar-refractivity contribution is 6.06. The maximum atomic E-state index is 13.4. The third kappa shape index (κ3) is 4.45. The number of H-pyrrole nitrogens is 1. The number of aromatic amines is 1. The molecule has 10 heteroatoms. The summed E-state index contributed by atoms with van der Waals surface area (Å²) in [6, 6.07) is 10.6. The number of nitrogens with one attached hydrogen (secondary N) is 3. The van der Waals surface area contributed by atoms with E-state index in [4.69, 9.17) is 0 Å². The van der Waals surface area contributed by atoms with Crippen molar-refractivity contribution in [2.45, 2.75) is 13.0 Å². The molecule has 3 N–H and O–H groups in total. The van der Waals surface area contributed by atoms with Crippen LogP contribution in [0.5, 0.6) is 0 Å². The van der Waals surface area contributed by atoms with Crippen LogP contribution in [-0.2, 0) is 4.79 Å². The predicted molar refractivity (Wildman–Crippen MR) is 120 cm³/mol. The van der Waals surface area contributed by atoms with Gasteiger partial charge in [0.2, 0.25) is 0 Å². The fraction of sp³-hybridized carbons (Fsp3) is 0.130. The molecule has 0 saturated carbocycles. The third-order valence-electron chi connectivity index (χ3n) is 5.27. The number of rotatable bonds is 4. The van der Waals surface area contributed by atoms with Crippen molar-refractivity contribution in [1.82, 2.24) is 19.8 Å². The van der Waals surface area contributed by atoms with Gasteiger partial charge in [-0.2, -0.15) is 0 Å². The molecule has 1 aliphatic heterocycles. The van der Waals surface area contributed by atoms with Crippen molar-refractivity contribution in [2.75, 3.05) is 12.4 Å². The molecule has 0 aliphatic carbocycles. The van der Waals surface area contributed by atoms with Gasteiger partial charge in [-0.3, -0.25) is 19.1 Å². The molecular weight excluding hydrogens is 429 g/mol. The Hall–Kier alpha value is -4.47. The van der Waals surface area contributed by atoms with Crippen LogP contribution in [0.4, 0.5) is 14.9 Å². The summed E-state index contributed by atoms with van der Waals surface area (Å²) in [4.78, 5) is 52.3. The number of nitrogens with zero attached hydrogens (tertiary/aromatic N) is 2. The minimum Gasteiger partial charge on any atom is -0.327 e. The van der Waals surface area contributed by atoms with Crippen molar-refractivity contribution in [3.63, 3.8) is 0 Å². The number of amides is 3. The zero-order valence-electron chi connectivity index (χ0n) is 17.8. The fourth-order valence-corrected chi connectivity index (χ4v) is 3.46. The van der Waals surface area contributed by atoms with Crippen LogP contribution in [0.15, 0.2) is 76.1 Å². The molecule has 2 aromatic carbocycles. The summed E-state index contributed by atoms with van der Waals surface area (Å²) in [5.41, 5.74) is 1.28. The molecule has 1 aromatic heterocycles. The number of anilines is 1. The number of carbonyl (C=O) groups excluding carboxylic acids is 2. The zero-order chi connectivity index (χ0) is 23.7. The smallest absolute Gasteiger partial charge is 0.327 e. The summed E-state index contributed by atoms with van der Waals surface area (Å²) < 4.78 is 14.6. The Bertz CT molecular complexity index is 1390. The highest BCUT2D eigenvalue weighted by atomic mass is 19.1. The van der Waals surface area contributed by atoms with E-state index in [1.807, 2.05) is 0 Å². The van der Waals surface area contributed by atoms with Crippen LogP contribution in [0.25, 0.3) is 5.69 Å². The molecular formula is C23H20FN5O4. The zero-order valence-corrected chi connectivity index (χ0v) is 17.8. The lowest BCUT2D eigenvalue weighted by molar-refractivity contribution is -0.113. The van der Waals surface area contributed by atoms with Gasteiger partial charge in [-0.05, 0) is 42.3 Å². The second-order valence-corrected chi connectivity index (χ2v) is 7.56. The first-order chi connectivity index (χ1) is 15.7. The van der Waals surface area contributed by atoms with E-state index in [0.29, 0.717) is 16.9 Å². The summed E-state index contributed by atoms with van der Waals surface area (Å²) in [6.07, 6.45) is 2.77. The number of urea groups is 1. The summed E-state index contributed by atoms with van der Waals surface area (Å²) in [5, 5.41) is 5.56. The maximum Gasteiger partial charge on any atom is 0.332 e. The SMILES string of the molecule is Cc1ccc(-n2ccc(=O)[nH]c2=O)cc1NC(=O)C1=CN(C)C(=O)N[C@H]1c1ccc(F)cc1. The Kier molecular flexibility index (Phi) is 5.65. The Morgan fingerprint density at radius 1 is 1.06 bits per heavy atom. The first-order valence-corrected chi connectivity index (χ1v) is 9.98. The van der Waals surface area contributed by atoms with Gasteiger partial charge in [-0.1, -0.05) is 18.2 Å². The van der Waals surface area contributed by atoms with Crippen LogP contribution in [0.2, 0.25) is 0 Å². The van der Waals surface area contributed by atoms with E-state index in [1.165, 1.54) is 59.2 Å². The summed E-state index contributed by atoms with van der Waals surface area (Å²) in [7, 11) is 1.51. The minimum atomic E-state index is -0.778. The summed E-state index contributed by atoms with van der Waals surface area (Å²) in [6.45, 7) is 1.79. The molecule has 9 nitrogen and oxygen atoms in total. The molecule has 0 radical (unpaired) electrons. The van der Waals surface area contributed by atoms with Crippen LogP contribution in [0.3, 0.4) is 0 Å². The molecule has 0 fully saturated rings. The van der Waals surface area contributed by atoms with E-state index in [-0.39, 0.29) is 5.57 Å². The van der Waals surface area contributed by atoms with Crippen LogP contribution in [-0.4, -0.2) is 33.4 Å². The molecule has 0 spiro atoms. The number of benzene rings is 2. The monoisotopic (exact) mass is 449 g/mol. The van der Waals surface area contributed by atoms with Gasteiger partial charge < -0.3 is 15.5 Å². The van der Waals surface area contributed by atoms with Gasteiger partial charge in [0.1, 0.15) is 5.82 Å². The Balaban J connectivity index is 1.68. The molecule has 0 bridgehead atoms. The molecule has 0 unspecified atom stereocenters. The second-order valence-electron chi connectivity index (χ2n) is 7.56. The first kappa shape index (κ1) is 21.8. The number of halogens is 1. The van der Waals surface area contributed by atoms with E-state index < -0.39 is 35.0 Å². The number of aryl methyl sites for hydroxylation is 1. The molecule has 3 amide bonds. The van der Waals surface area contributed by atoms with Crippen molar-refractivity contribution >= 4 is 17.6 Å². The average molecular weight is 449 g/mol. The molecule has 3 aromatic rings. The third-order valence-corrected chi connectivity index (χ3v) is 5.27. The minimum absolute atomic E-state index is 0.245. The standard InChI is InChI=1S/C23H20FN5O4/c1-13-3-8-16(29-10-9-19(30)26-23(29)33)11-18(13)25-21(31)17-12-28(2)22(32)27-20(17)14-4-6-15(24)7-5-14/h3-12,20H,1-2H3,(H,25,31)(H,27,32)(H,26,30,33)/t20-/m0/s1. The number of hydrogen-bond acceptors (Lipinski definition) is 4. The van der Waals surface area contributed by atoms with Gasteiger partial charge in [0.25, 0.3) is 11.5 Å². The summed E-state index contributed by atoms with van der Waals surface area (Å²) in [5.74, 6) is -0.914. The van der Waals surface area contributed by atoms with Crippen LogP contribution in [0, 0.1) is 12.7 Å². The van der Waals surface area contributed by atoms with E-state index in [2.05, 4.69) is 15.6 Å². The van der Waals surface area contributed by atoms with Crippen molar-refractivity contribution in [3.8, 4) is 5.69 Å². The Morgan fingerprint density at radius 3 is 2.48 bits per heavy atom. The Labute approximate surface area is 187 Å². The van der Waals surface area contributed by atoms with Crippen molar-refractivity contribution in [1.29, 1.82) is 0 Å². The molecule has 2 heterocycles. The lowest BCUT2D eigenvalue weighted by Crippen LogP contribution is -2.44. The molecule has 4 rings (SSSR count). The number of hydrogen-bond donors (Lipinski definition) is 3. The second kappa shape index (κ2) is 8.58. The predicted octanol–water partition coefficient (Wildman–Crippen LogP) is 2.19. The molecule has 0 saturated heterocycles. The Morgan fingerprint density at radius 2 is 1.79 bits per heavy atom. The average Bonchev–Trinajstić information content (AvgIpc) is 2.77. The van der Waals surface area contributed by atoms with E-state index >= 15 is 0 Å². The topological polar surface area (TPSA) is 116 Å². The van der Waals surface area contributed by atoms with Gasteiger partial charge >= 0.3 is 11.7 Å². The number of carbonyl (C=O) groups is 2. The van der Waals surface area contributed by atoms with Crippen LogP contribution in [0.1, 0.15) is 17.2 Å². The van der Waals surface area contributed by atoms with E-state index in [0.717, 1.165) is 5.56 Å². The summed E-state index contributed by atoms with van der Waals surface area (Å²) >= 11 is 0. The molecule has 1 atom stereocenters. The normalized spacial score (nSPS) is 15.6. The lowest BCUT2D eigenvalue weighted by Gasteiger charge is -2.30. The van der Waals surface area contributed by atoms with Crippen LogP contribution >= 0.6 is 0 Å². The largest absolute Gasteiger partial charge is 0.332 e. The highest BCUT2D eigenvalue weighted by Crippen LogP contribution is 2.28. The highest BCUT2D eigenvalue weighted by Gasteiger charge is 2.30. The van der Waals surface area contributed by atoms with Gasteiger partial charge in [0.05, 0.1) is 17.3 Å². The lowest BCUT2D eigenvalue weighted by atomic mass is 9.97. The van der Waals surface area contributed by atoms with Gasteiger partial charge in [0.15, 0.2) is 0 Å². The van der Waals surface area contributed by atoms with Gasteiger partial charge in [-0.25, -0.2) is 14.0 Å². The van der Waals surface area contributed by atoms with Crippen molar-refractivity contribution in [3.05, 3.63) is 104 Å². The molecule has 168 valence electrons. The first-order valence-electron chi connectivity index (χ1n) is 9.98. The molecule has 1 aliphatic rings. The van der Waals surface area contributed by atoms with Gasteiger partial charge in [0, 0.05) is 31.2 Å².